The molecule has 0 aliphatic carbocycles. The molecule has 0 spiro atoms. The van der Waals surface area contributed by atoms with Crippen LogP contribution in [0.25, 0.3) is 0 Å². The Morgan fingerprint density at radius 2 is 1.19 bits per heavy atom. The molecule has 0 bridgehead atoms. The zero-order valence-electron chi connectivity index (χ0n) is 29.8. The van der Waals surface area contributed by atoms with E-state index in [9.17, 15) is 28.5 Å². The van der Waals surface area contributed by atoms with Crippen molar-refractivity contribution >= 4 is 16.4 Å². The van der Waals surface area contributed by atoms with Crippen LogP contribution in [0.4, 0.5) is 0 Å². The highest BCUT2D eigenvalue weighted by atomic mass is 32.3. The van der Waals surface area contributed by atoms with Gasteiger partial charge >= 0.3 is 16.4 Å². The highest BCUT2D eigenvalue weighted by Crippen LogP contribution is 2.26. The molecule has 1 aliphatic heterocycles. The van der Waals surface area contributed by atoms with Gasteiger partial charge in [0.05, 0.1) is 19.8 Å². The molecule has 6 unspecified atom stereocenters. The smallest absolute Gasteiger partial charge is 0.397 e. The Morgan fingerprint density at radius 1 is 0.708 bits per heavy atom. The zero-order valence-corrected chi connectivity index (χ0v) is 30.6. The van der Waals surface area contributed by atoms with E-state index in [0.29, 0.717) is 13.0 Å². The number of rotatable bonds is 32. The van der Waals surface area contributed by atoms with Gasteiger partial charge in [-0.25, -0.2) is 4.18 Å². The molecule has 48 heavy (non-hydrogen) atoms. The highest BCUT2D eigenvalue weighted by Gasteiger charge is 2.48. The molecule has 0 aromatic carbocycles. The Labute approximate surface area is 290 Å². The normalized spacial score (nSPS) is 22.2. The van der Waals surface area contributed by atoms with E-state index in [4.69, 9.17) is 23.5 Å². The molecule has 13 heteroatoms. The molecule has 1 fully saturated rings. The first kappa shape index (κ1) is 45.1. The number of ether oxygens (including phenoxy) is 4. The lowest BCUT2D eigenvalue weighted by Gasteiger charge is -2.41. The summed E-state index contributed by atoms with van der Waals surface area (Å²) in [4.78, 5) is 12.5. The number of carbonyl (C=O) groups excluding carboxylic acids is 1. The maximum Gasteiger partial charge on any atom is 0.397 e. The number of hydrogen-bond donors (Lipinski definition) is 4. The average Bonchev–Trinajstić information content (AvgIpc) is 3.05. The second kappa shape index (κ2) is 28.8. The maximum absolute atomic E-state index is 12.5. The maximum atomic E-state index is 12.5. The van der Waals surface area contributed by atoms with Gasteiger partial charge in [0.15, 0.2) is 6.29 Å². The first-order chi connectivity index (χ1) is 23.1. The number of aliphatic hydroxyl groups excluding tert-OH is 3. The molecule has 4 N–H and O–H groups in total. The Balaban J connectivity index is 2.39. The van der Waals surface area contributed by atoms with E-state index in [1.165, 1.54) is 83.5 Å². The van der Waals surface area contributed by atoms with E-state index >= 15 is 0 Å². The molecule has 0 aromatic heterocycles. The van der Waals surface area contributed by atoms with Crippen molar-refractivity contribution in [3.8, 4) is 0 Å². The summed E-state index contributed by atoms with van der Waals surface area (Å²) >= 11 is 0. The van der Waals surface area contributed by atoms with Crippen LogP contribution < -0.4 is 0 Å². The molecular weight excluding hydrogens is 644 g/mol. The van der Waals surface area contributed by atoms with Gasteiger partial charge in [-0.05, 0) is 12.8 Å². The van der Waals surface area contributed by atoms with Crippen LogP contribution in [0, 0.1) is 0 Å². The lowest BCUT2D eigenvalue weighted by atomic mass is 9.99. The minimum Gasteiger partial charge on any atom is -0.457 e. The predicted molar refractivity (Wildman–Crippen MR) is 184 cm³/mol. The molecule has 1 rings (SSSR count). The molecule has 1 saturated heterocycles. The first-order valence-corrected chi connectivity index (χ1v) is 20.2. The monoisotopic (exact) mass is 712 g/mol. The fourth-order valence-corrected chi connectivity index (χ4v) is 6.36. The van der Waals surface area contributed by atoms with Crippen LogP contribution in [-0.2, 0) is 38.3 Å². The largest absolute Gasteiger partial charge is 0.457 e. The molecule has 0 aromatic rings. The van der Waals surface area contributed by atoms with Crippen LogP contribution in [0.3, 0.4) is 0 Å². The number of hydrogen-bond acceptors (Lipinski definition) is 11. The second-order valence-corrected chi connectivity index (χ2v) is 14.2. The Bertz CT molecular complexity index is 874. The van der Waals surface area contributed by atoms with Crippen LogP contribution in [0.2, 0.25) is 0 Å². The van der Waals surface area contributed by atoms with E-state index in [-0.39, 0.29) is 19.6 Å². The van der Waals surface area contributed by atoms with Gasteiger partial charge in [0.1, 0.15) is 30.5 Å². The van der Waals surface area contributed by atoms with E-state index in [1.807, 2.05) is 0 Å². The molecule has 1 aliphatic rings. The molecule has 12 nitrogen and oxygen atoms in total. The summed E-state index contributed by atoms with van der Waals surface area (Å²) in [5, 5.41) is 30.4. The number of esters is 1. The van der Waals surface area contributed by atoms with Gasteiger partial charge in [0.2, 0.25) is 0 Å². The average molecular weight is 713 g/mol. The van der Waals surface area contributed by atoms with Crippen LogP contribution in [0.15, 0.2) is 0 Å². The molecule has 0 amide bonds. The van der Waals surface area contributed by atoms with Crippen molar-refractivity contribution in [3.63, 3.8) is 0 Å². The van der Waals surface area contributed by atoms with Gasteiger partial charge in [-0.1, -0.05) is 136 Å². The Kier molecular flexibility index (Phi) is 27.0. The van der Waals surface area contributed by atoms with E-state index < -0.39 is 59.8 Å². The van der Waals surface area contributed by atoms with Crippen molar-refractivity contribution in [2.75, 3.05) is 26.4 Å². The lowest BCUT2D eigenvalue weighted by Crippen LogP contribution is -2.60. The van der Waals surface area contributed by atoms with Crippen LogP contribution in [-0.4, -0.2) is 97.5 Å². The number of unbranched alkanes of at least 4 members (excludes halogenated alkanes) is 19. The Hall–Kier alpha value is -0.900. The summed E-state index contributed by atoms with van der Waals surface area (Å²) in [7, 11) is -5.04. The van der Waals surface area contributed by atoms with Crippen molar-refractivity contribution in [1.82, 2.24) is 0 Å². The third kappa shape index (κ3) is 22.7. The van der Waals surface area contributed by atoms with Crippen molar-refractivity contribution in [3.05, 3.63) is 0 Å². The molecule has 6 atom stereocenters. The molecule has 286 valence electrons. The summed E-state index contributed by atoms with van der Waals surface area (Å²) in [5.74, 6) is -0.410. The SMILES string of the molecule is CCCCCCCCCCCCCCCCCCOCC(COC1OC(CO)C(O)C(OS(=O)(=O)O)C1O)OC(=O)CCCCCCC. The van der Waals surface area contributed by atoms with Crippen LogP contribution in [0.1, 0.15) is 155 Å². The molecule has 0 radical (unpaired) electrons. The topological polar surface area (TPSA) is 178 Å². The molecule has 1 heterocycles. The highest BCUT2D eigenvalue weighted by molar-refractivity contribution is 7.80. The first-order valence-electron chi connectivity index (χ1n) is 18.8. The van der Waals surface area contributed by atoms with Gasteiger partial charge in [0.25, 0.3) is 0 Å². The molecular formula is C35H68O12S. The van der Waals surface area contributed by atoms with Gasteiger partial charge < -0.3 is 34.3 Å². The van der Waals surface area contributed by atoms with Crippen molar-refractivity contribution in [2.24, 2.45) is 0 Å². The quantitative estimate of drug-likeness (QED) is 0.0354. The van der Waals surface area contributed by atoms with Crippen molar-refractivity contribution in [2.45, 2.75) is 192 Å². The summed E-state index contributed by atoms with van der Waals surface area (Å²) < 4.78 is 58.4. The van der Waals surface area contributed by atoms with E-state index in [2.05, 4.69) is 18.0 Å². The van der Waals surface area contributed by atoms with Gasteiger partial charge in [0, 0.05) is 13.0 Å². The van der Waals surface area contributed by atoms with E-state index in [0.717, 1.165) is 44.9 Å². The summed E-state index contributed by atoms with van der Waals surface area (Å²) in [6, 6.07) is 0. The minimum atomic E-state index is -5.04. The van der Waals surface area contributed by atoms with Crippen LogP contribution >= 0.6 is 0 Å². The van der Waals surface area contributed by atoms with Gasteiger partial charge in [-0.15, -0.1) is 0 Å². The molecule has 0 saturated carbocycles. The second-order valence-electron chi connectivity index (χ2n) is 13.2. The fourth-order valence-electron chi connectivity index (χ4n) is 5.85. The Morgan fingerprint density at radius 3 is 1.67 bits per heavy atom. The van der Waals surface area contributed by atoms with E-state index in [1.54, 1.807) is 0 Å². The van der Waals surface area contributed by atoms with Crippen LogP contribution in [0.5, 0.6) is 0 Å². The predicted octanol–water partition coefficient (Wildman–Crippen LogP) is 6.18. The lowest BCUT2D eigenvalue weighted by molar-refractivity contribution is -0.301. The summed E-state index contributed by atoms with van der Waals surface area (Å²) in [6.07, 6.45) is 16.3. The minimum absolute atomic E-state index is 0.0418. The zero-order chi connectivity index (χ0) is 35.5. The van der Waals surface area contributed by atoms with Gasteiger partial charge in [-0.3, -0.25) is 9.35 Å². The number of aliphatic hydroxyl groups is 3. The number of carbonyl (C=O) groups is 1. The summed E-state index contributed by atoms with van der Waals surface area (Å²) in [5.41, 5.74) is 0. The van der Waals surface area contributed by atoms with Gasteiger partial charge in [-0.2, -0.15) is 8.42 Å². The summed E-state index contributed by atoms with van der Waals surface area (Å²) in [6.45, 7) is 3.89. The third-order valence-corrected chi connectivity index (χ3v) is 9.19. The van der Waals surface area contributed by atoms with Crippen molar-refractivity contribution < 1.29 is 56.2 Å². The fraction of sp³-hybridized carbons (Fsp3) is 0.971. The standard InChI is InChI=1S/C35H68O12S/c1-3-5-7-9-10-11-12-13-14-15-16-17-18-19-21-23-25-43-27-29(45-31(37)24-22-20-8-6-4-2)28-44-35-33(39)34(47-48(40,41)42)32(38)30(26-36)46-35/h29-30,32-36,38-39H,3-28H2,1-2H3,(H,40,41,42). The van der Waals surface area contributed by atoms with Crippen molar-refractivity contribution in [1.29, 1.82) is 0 Å². The third-order valence-electron chi connectivity index (χ3n) is 8.73.